The van der Waals surface area contributed by atoms with Gasteiger partial charge < -0.3 is 9.47 Å². The lowest BCUT2D eigenvalue weighted by atomic mass is 9.81. The molecule has 1 aliphatic carbocycles. The minimum atomic E-state index is -3.08. The summed E-state index contributed by atoms with van der Waals surface area (Å²) in [4.78, 5) is 20.2. The van der Waals surface area contributed by atoms with Gasteiger partial charge in [0.05, 0.1) is 18.2 Å². The van der Waals surface area contributed by atoms with E-state index in [1.807, 2.05) is 13.8 Å². The summed E-state index contributed by atoms with van der Waals surface area (Å²) in [7, 11) is 1.06. The molecule has 1 aliphatic heterocycles. The minimum absolute atomic E-state index is 0.0342. The number of halogens is 2. The lowest BCUT2D eigenvalue weighted by molar-refractivity contribution is -0.264. The Balaban J connectivity index is 0.00000129. The molecule has 2 aliphatic rings. The molecule has 0 amide bonds. The molecule has 9 heteroatoms. The van der Waals surface area contributed by atoms with Crippen LogP contribution in [0.25, 0.3) is 0 Å². The Morgan fingerprint density at radius 2 is 1.94 bits per heavy atom. The summed E-state index contributed by atoms with van der Waals surface area (Å²) >= 11 is 3.79. The Labute approximate surface area is 207 Å². The fourth-order valence-electron chi connectivity index (χ4n) is 4.79. The van der Waals surface area contributed by atoms with Crippen molar-refractivity contribution in [3.8, 4) is 0 Å². The number of hydrogen-bond donors (Lipinski definition) is 1. The van der Waals surface area contributed by atoms with Crippen LogP contribution in [-0.4, -0.2) is 59.2 Å². The van der Waals surface area contributed by atoms with Gasteiger partial charge in [-0.3, -0.25) is 14.3 Å². The molecule has 0 bridgehead atoms. The number of hydrogen-bond acceptors (Lipinski definition) is 6. The van der Waals surface area contributed by atoms with Gasteiger partial charge in [-0.05, 0) is 63.4 Å². The third kappa shape index (κ3) is 6.92. The SMILES string of the molecule is C=CC(=C)OCCn1c(C)nc2c(c1=O)CC(N1CCC(C(F)(F)OC)CC1)C(C)C2.CCS. The van der Waals surface area contributed by atoms with Crippen LogP contribution in [0.3, 0.4) is 0 Å². The van der Waals surface area contributed by atoms with Gasteiger partial charge in [0.25, 0.3) is 5.56 Å². The Kier molecular flexibility index (Phi) is 10.8. The van der Waals surface area contributed by atoms with E-state index in [4.69, 9.17) is 9.72 Å². The Morgan fingerprint density at radius 1 is 1.32 bits per heavy atom. The first kappa shape index (κ1) is 28.5. The van der Waals surface area contributed by atoms with Crippen molar-refractivity contribution in [3.63, 3.8) is 0 Å². The van der Waals surface area contributed by atoms with Gasteiger partial charge in [0, 0.05) is 18.7 Å². The summed E-state index contributed by atoms with van der Waals surface area (Å²) < 4.78 is 39.2. The number of allylic oxidation sites excluding steroid dienone is 1. The number of fused-ring (bicyclic) bond motifs is 1. The van der Waals surface area contributed by atoms with Crippen LogP contribution in [-0.2, 0) is 28.9 Å². The summed E-state index contributed by atoms with van der Waals surface area (Å²) in [5.41, 5.74) is 1.56. The number of nitrogens with zero attached hydrogens (tertiary/aromatic N) is 3. The van der Waals surface area contributed by atoms with E-state index in [0.29, 0.717) is 63.0 Å². The Bertz CT molecular complexity index is 898. The van der Waals surface area contributed by atoms with Gasteiger partial charge in [0.1, 0.15) is 18.2 Å². The smallest absolute Gasteiger partial charge is 0.358 e. The first-order chi connectivity index (χ1) is 16.1. The van der Waals surface area contributed by atoms with Gasteiger partial charge in [0.15, 0.2) is 0 Å². The summed E-state index contributed by atoms with van der Waals surface area (Å²) in [6, 6.07) is 0.145. The van der Waals surface area contributed by atoms with Gasteiger partial charge in [-0.25, -0.2) is 4.98 Å². The Hall–Kier alpha value is -1.71. The van der Waals surface area contributed by atoms with Crippen LogP contribution < -0.4 is 5.56 Å². The molecule has 2 heterocycles. The van der Waals surface area contributed by atoms with Crippen LogP contribution in [0.15, 0.2) is 29.8 Å². The first-order valence-electron chi connectivity index (χ1n) is 11.9. The van der Waals surface area contributed by atoms with Crippen LogP contribution in [0, 0.1) is 18.8 Å². The number of likely N-dealkylation sites (tertiary alicyclic amines) is 1. The van der Waals surface area contributed by atoms with Crippen molar-refractivity contribution in [1.82, 2.24) is 14.5 Å². The van der Waals surface area contributed by atoms with Crippen LogP contribution in [0.4, 0.5) is 8.78 Å². The molecule has 2 unspecified atom stereocenters. The number of alkyl halides is 2. The monoisotopic (exact) mass is 499 g/mol. The van der Waals surface area contributed by atoms with E-state index in [9.17, 15) is 13.6 Å². The van der Waals surface area contributed by atoms with Crippen LogP contribution >= 0.6 is 12.6 Å². The highest BCUT2D eigenvalue weighted by atomic mass is 32.1. The second-order valence-corrected chi connectivity index (χ2v) is 9.54. The predicted molar refractivity (Wildman–Crippen MR) is 135 cm³/mol. The predicted octanol–water partition coefficient (Wildman–Crippen LogP) is 4.26. The van der Waals surface area contributed by atoms with Gasteiger partial charge in [-0.1, -0.05) is 27.0 Å². The summed E-state index contributed by atoms with van der Waals surface area (Å²) in [6.07, 6.45) is 0.530. The van der Waals surface area contributed by atoms with Gasteiger partial charge in [-0.2, -0.15) is 21.4 Å². The van der Waals surface area contributed by atoms with E-state index in [1.54, 1.807) is 4.57 Å². The molecule has 1 aromatic heterocycles. The molecule has 1 fully saturated rings. The molecule has 1 aromatic rings. The minimum Gasteiger partial charge on any atom is -0.492 e. The van der Waals surface area contributed by atoms with E-state index in [-0.39, 0.29) is 11.6 Å². The molecular formula is C25H39F2N3O3S. The molecule has 0 aromatic carbocycles. The fraction of sp³-hybridized carbons (Fsp3) is 0.680. The summed E-state index contributed by atoms with van der Waals surface area (Å²) in [5.74, 6) is 1.62. The third-order valence-electron chi connectivity index (χ3n) is 6.70. The topological polar surface area (TPSA) is 56.6 Å². The number of methoxy groups -OCH3 is 1. The maximum atomic E-state index is 13.9. The van der Waals surface area contributed by atoms with Gasteiger partial charge in [-0.15, -0.1) is 0 Å². The highest BCUT2D eigenvalue weighted by Crippen LogP contribution is 2.36. The highest BCUT2D eigenvalue weighted by molar-refractivity contribution is 7.80. The highest BCUT2D eigenvalue weighted by Gasteiger charge is 2.43. The van der Waals surface area contributed by atoms with Crippen molar-refractivity contribution in [1.29, 1.82) is 0 Å². The van der Waals surface area contributed by atoms with E-state index in [0.717, 1.165) is 30.5 Å². The van der Waals surface area contributed by atoms with E-state index in [2.05, 4.69) is 42.3 Å². The van der Waals surface area contributed by atoms with Gasteiger partial charge in [0.2, 0.25) is 0 Å². The maximum Gasteiger partial charge on any atom is 0.358 e. The number of aromatic nitrogens is 2. The van der Waals surface area contributed by atoms with Crippen molar-refractivity contribution < 1.29 is 18.3 Å². The zero-order chi connectivity index (χ0) is 25.5. The molecule has 1 saturated heterocycles. The zero-order valence-corrected chi connectivity index (χ0v) is 21.8. The standard InChI is InChI=1S/C23H33F2N3O3.C2H6S/c1-6-16(3)31-12-11-28-17(4)26-20-13-15(2)21(14-19(20)22(28)29)27-9-7-18(8-10-27)23(24,25)30-5;1-2-3/h6,15,18,21H,1,3,7-14H2,2,4-5H3;3H,2H2,1H3. The van der Waals surface area contributed by atoms with Crippen molar-refractivity contribution in [2.45, 2.75) is 65.1 Å². The number of piperidine rings is 1. The van der Waals surface area contributed by atoms with Crippen LogP contribution in [0.5, 0.6) is 0 Å². The number of ether oxygens (including phenoxy) is 2. The number of thiol groups is 1. The van der Waals surface area contributed by atoms with Crippen molar-refractivity contribution in [3.05, 3.63) is 52.4 Å². The van der Waals surface area contributed by atoms with Crippen molar-refractivity contribution in [2.75, 3.05) is 32.6 Å². The number of aryl methyl sites for hydroxylation is 1. The number of rotatable bonds is 8. The maximum absolute atomic E-state index is 13.9. The second-order valence-electron chi connectivity index (χ2n) is 8.91. The van der Waals surface area contributed by atoms with E-state index in [1.165, 1.54) is 6.08 Å². The lowest BCUT2D eigenvalue weighted by Gasteiger charge is -2.43. The molecule has 192 valence electrons. The average molecular weight is 500 g/mol. The second kappa shape index (κ2) is 12.8. The molecule has 0 N–H and O–H groups in total. The third-order valence-corrected chi connectivity index (χ3v) is 6.70. The molecule has 0 saturated carbocycles. The summed E-state index contributed by atoms with van der Waals surface area (Å²) in [5, 5.41) is 0. The van der Waals surface area contributed by atoms with Crippen molar-refractivity contribution >= 4 is 12.6 Å². The fourth-order valence-corrected chi connectivity index (χ4v) is 4.79. The molecule has 2 atom stereocenters. The molecule has 0 spiro atoms. The van der Waals surface area contributed by atoms with E-state index < -0.39 is 12.0 Å². The zero-order valence-electron chi connectivity index (χ0n) is 20.9. The molecule has 34 heavy (non-hydrogen) atoms. The van der Waals surface area contributed by atoms with E-state index >= 15 is 0 Å². The average Bonchev–Trinajstić information content (AvgIpc) is 2.81. The van der Waals surface area contributed by atoms with Gasteiger partial charge >= 0.3 is 6.11 Å². The van der Waals surface area contributed by atoms with Crippen LogP contribution in [0.2, 0.25) is 0 Å². The molecule has 0 radical (unpaired) electrons. The lowest BCUT2D eigenvalue weighted by Crippen LogP contribution is -2.51. The Morgan fingerprint density at radius 3 is 2.50 bits per heavy atom. The molecular weight excluding hydrogens is 460 g/mol. The normalized spacial score (nSPS) is 21.3. The first-order valence-corrected chi connectivity index (χ1v) is 12.5. The largest absolute Gasteiger partial charge is 0.492 e. The van der Waals surface area contributed by atoms with Crippen molar-refractivity contribution in [2.24, 2.45) is 11.8 Å². The van der Waals surface area contributed by atoms with Crippen LogP contribution in [0.1, 0.15) is 43.8 Å². The molecule has 6 nitrogen and oxygen atoms in total. The quantitative estimate of drug-likeness (QED) is 0.329. The summed E-state index contributed by atoms with van der Waals surface area (Å²) in [6.45, 7) is 15.2. The molecule has 3 rings (SSSR count).